The van der Waals surface area contributed by atoms with Crippen molar-refractivity contribution < 1.29 is 23.9 Å². The van der Waals surface area contributed by atoms with Gasteiger partial charge in [-0.05, 0) is 18.6 Å². The Hall–Kier alpha value is -2.37. The highest BCUT2D eigenvalue weighted by Crippen LogP contribution is 2.38. The minimum Gasteiger partial charge on any atom is -0.481 e. The molecule has 2 N–H and O–H groups in total. The third-order valence-corrected chi connectivity index (χ3v) is 3.78. The second kappa shape index (κ2) is 4.63. The Morgan fingerprint density at radius 1 is 1.30 bits per heavy atom. The molecule has 0 aromatic carbocycles. The molecule has 6 nitrogen and oxygen atoms in total. The average Bonchev–Trinajstić information content (AvgIpc) is 2.90. The van der Waals surface area contributed by atoms with Crippen LogP contribution in [0, 0.1) is 5.92 Å². The summed E-state index contributed by atoms with van der Waals surface area (Å²) in [5, 5.41) is 11.8. The van der Waals surface area contributed by atoms with Gasteiger partial charge in [-0.25, -0.2) is 0 Å². The zero-order chi connectivity index (χ0) is 14.3. The van der Waals surface area contributed by atoms with E-state index < -0.39 is 11.9 Å². The van der Waals surface area contributed by atoms with Crippen LogP contribution in [0.5, 0.6) is 0 Å². The highest BCUT2D eigenvalue weighted by molar-refractivity contribution is 6.05. The molecule has 104 valence electrons. The molecule has 6 heteroatoms. The number of ketones is 1. The number of carbonyl (C=O) groups excluding carboxylic acids is 2. The van der Waals surface area contributed by atoms with E-state index in [2.05, 4.69) is 5.32 Å². The lowest BCUT2D eigenvalue weighted by Gasteiger charge is -2.31. The Morgan fingerprint density at radius 2 is 2.10 bits per heavy atom. The lowest BCUT2D eigenvalue weighted by atomic mass is 9.77. The zero-order valence-corrected chi connectivity index (χ0v) is 10.6. The smallest absolute Gasteiger partial charge is 0.311 e. The van der Waals surface area contributed by atoms with Crippen LogP contribution in [0.1, 0.15) is 30.9 Å². The quantitative estimate of drug-likeness (QED) is 0.845. The molecule has 0 radical (unpaired) electrons. The molecule has 1 aliphatic heterocycles. The second-order valence-electron chi connectivity index (χ2n) is 5.08. The summed E-state index contributed by atoms with van der Waals surface area (Å²) < 4.78 is 5.30. The monoisotopic (exact) mass is 275 g/mol. The van der Waals surface area contributed by atoms with E-state index in [0.717, 1.165) is 0 Å². The molecule has 2 heterocycles. The molecular formula is C14H13NO5. The van der Waals surface area contributed by atoms with Crippen LogP contribution >= 0.6 is 0 Å². The van der Waals surface area contributed by atoms with Gasteiger partial charge >= 0.3 is 5.97 Å². The van der Waals surface area contributed by atoms with Gasteiger partial charge in [-0.3, -0.25) is 14.4 Å². The Kier molecular flexibility index (Phi) is 2.93. The number of Topliss-reactive ketones (excluding diaryl/α,β-unsaturated/α-hetero) is 1. The van der Waals surface area contributed by atoms with Crippen molar-refractivity contribution in [3.05, 3.63) is 35.4 Å². The molecule has 0 saturated carbocycles. The van der Waals surface area contributed by atoms with Crippen LogP contribution in [0.25, 0.3) is 0 Å². The standard InChI is InChI=1S/C14H13NO5/c16-10-5-7(11-2-1-3-20-11)4-9-13(10)8(14(18)19)6-12(17)15-9/h1-3,7-8H,4-6H2,(H,15,17)(H,18,19)/t7-,8+/m0/s1. The Bertz CT molecular complexity index is 614. The lowest BCUT2D eigenvalue weighted by molar-refractivity contribution is -0.144. The molecule has 1 aromatic heterocycles. The number of aliphatic carboxylic acids is 1. The van der Waals surface area contributed by atoms with Crippen LogP contribution < -0.4 is 5.32 Å². The Balaban J connectivity index is 1.97. The van der Waals surface area contributed by atoms with Crippen molar-refractivity contribution in [2.45, 2.75) is 25.2 Å². The van der Waals surface area contributed by atoms with Crippen molar-refractivity contribution in [3.8, 4) is 0 Å². The molecule has 3 rings (SSSR count). The highest BCUT2D eigenvalue weighted by Gasteiger charge is 2.41. The summed E-state index contributed by atoms with van der Waals surface area (Å²) in [6.07, 6.45) is 1.99. The van der Waals surface area contributed by atoms with E-state index in [1.54, 1.807) is 12.1 Å². The van der Waals surface area contributed by atoms with Crippen LogP contribution in [0.3, 0.4) is 0 Å². The van der Waals surface area contributed by atoms with Gasteiger partial charge in [0.2, 0.25) is 5.91 Å². The van der Waals surface area contributed by atoms with Gasteiger partial charge in [0.05, 0.1) is 12.2 Å². The summed E-state index contributed by atoms with van der Waals surface area (Å²) in [5.41, 5.74) is 0.686. The first kappa shape index (κ1) is 12.7. The third kappa shape index (κ3) is 2.03. The number of carboxylic acids is 1. The number of amides is 1. The first-order valence-corrected chi connectivity index (χ1v) is 6.38. The summed E-state index contributed by atoms with van der Waals surface area (Å²) in [6, 6.07) is 3.52. The van der Waals surface area contributed by atoms with Crippen molar-refractivity contribution in [3.63, 3.8) is 0 Å². The zero-order valence-electron chi connectivity index (χ0n) is 10.6. The van der Waals surface area contributed by atoms with Gasteiger partial charge in [-0.1, -0.05) is 0 Å². The molecule has 2 aliphatic rings. The van der Waals surface area contributed by atoms with E-state index in [9.17, 15) is 19.5 Å². The van der Waals surface area contributed by atoms with E-state index in [1.165, 1.54) is 6.26 Å². The number of nitrogens with one attached hydrogen (secondary N) is 1. The number of rotatable bonds is 2. The largest absolute Gasteiger partial charge is 0.481 e. The van der Waals surface area contributed by atoms with Gasteiger partial charge in [0.25, 0.3) is 0 Å². The van der Waals surface area contributed by atoms with Gasteiger partial charge in [0.15, 0.2) is 5.78 Å². The molecule has 0 bridgehead atoms. The third-order valence-electron chi connectivity index (χ3n) is 3.78. The minimum atomic E-state index is -1.13. The first-order valence-electron chi connectivity index (χ1n) is 6.38. The molecule has 0 fully saturated rings. The molecule has 20 heavy (non-hydrogen) atoms. The van der Waals surface area contributed by atoms with Crippen molar-refractivity contribution in [1.82, 2.24) is 5.32 Å². The summed E-state index contributed by atoms with van der Waals surface area (Å²) in [6.45, 7) is 0. The maximum absolute atomic E-state index is 12.2. The summed E-state index contributed by atoms with van der Waals surface area (Å²) in [7, 11) is 0. The van der Waals surface area contributed by atoms with Crippen molar-refractivity contribution in [2.75, 3.05) is 0 Å². The molecule has 2 atom stereocenters. The van der Waals surface area contributed by atoms with Gasteiger partial charge in [-0.15, -0.1) is 0 Å². The Labute approximate surface area is 114 Å². The predicted molar refractivity (Wildman–Crippen MR) is 66.6 cm³/mol. The maximum Gasteiger partial charge on any atom is 0.311 e. The fourth-order valence-corrected chi connectivity index (χ4v) is 2.90. The predicted octanol–water partition coefficient (Wildman–Crippen LogP) is 1.20. The van der Waals surface area contributed by atoms with E-state index in [0.29, 0.717) is 17.9 Å². The number of furan rings is 1. The Morgan fingerprint density at radius 3 is 2.75 bits per heavy atom. The van der Waals surface area contributed by atoms with Crippen LogP contribution in [-0.2, 0) is 14.4 Å². The maximum atomic E-state index is 12.2. The molecule has 0 saturated heterocycles. The minimum absolute atomic E-state index is 0.149. The van der Waals surface area contributed by atoms with E-state index in [1.807, 2.05) is 0 Å². The number of carbonyl (C=O) groups is 3. The van der Waals surface area contributed by atoms with Crippen LogP contribution in [-0.4, -0.2) is 22.8 Å². The summed E-state index contributed by atoms with van der Waals surface area (Å²) in [5.74, 6) is -2.20. The SMILES string of the molecule is O=C1C[C@@H](C(=O)O)C2=C(C[C@H](c3ccco3)CC2=O)N1. The first-order chi connectivity index (χ1) is 9.56. The molecule has 0 spiro atoms. The normalized spacial score (nSPS) is 26.2. The number of allylic oxidation sites excluding steroid dienone is 1. The van der Waals surface area contributed by atoms with Crippen LogP contribution in [0.15, 0.2) is 34.1 Å². The second-order valence-corrected chi connectivity index (χ2v) is 5.08. The van der Waals surface area contributed by atoms with Crippen molar-refractivity contribution in [1.29, 1.82) is 0 Å². The topological polar surface area (TPSA) is 96.6 Å². The molecule has 1 aliphatic carbocycles. The van der Waals surface area contributed by atoms with Gasteiger partial charge < -0.3 is 14.8 Å². The lowest BCUT2D eigenvalue weighted by Crippen LogP contribution is -2.41. The molecule has 1 amide bonds. The highest BCUT2D eigenvalue weighted by atomic mass is 16.4. The van der Waals surface area contributed by atoms with Gasteiger partial charge in [0.1, 0.15) is 5.76 Å². The number of hydrogen-bond acceptors (Lipinski definition) is 4. The number of carboxylic acid groups (broad SMARTS) is 1. The fourth-order valence-electron chi connectivity index (χ4n) is 2.90. The molecular weight excluding hydrogens is 262 g/mol. The fraction of sp³-hybridized carbons (Fsp3) is 0.357. The van der Waals surface area contributed by atoms with E-state index in [-0.39, 0.29) is 36.0 Å². The van der Waals surface area contributed by atoms with Crippen molar-refractivity contribution in [2.24, 2.45) is 5.92 Å². The molecule has 1 aromatic rings. The van der Waals surface area contributed by atoms with Crippen LogP contribution in [0.4, 0.5) is 0 Å². The molecule has 0 unspecified atom stereocenters. The van der Waals surface area contributed by atoms with Crippen molar-refractivity contribution >= 4 is 17.7 Å². The summed E-state index contributed by atoms with van der Waals surface area (Å²) in [4.78, 5) is 35.1. The van der Waals surface area contributed by atoms with Crippen LogP contribution in [0.2, 0.25) is 0 Å². The van der Waals surface area contributed by atoms with Gasteiger partial charge in [-0.2, -0.15) is 0 Å². The van der Waals surface area contributed by atoms with E-state index >= 15 is 0 Å². The van der Waals surface area contributed by atoms with E-state index in [4.69, 9.17) is 4.42 Å². The average molecular weight is 275 g/mol. The summed E-state index contributed by atoms with van der Waals surface area (Å²) >= 11 is 0. The van der Waals surface area contributed by atoms with Gasteiger partial charge in [0, 0.05) is 30.0 Å². The number of hydrogen-bond donors (Lipinski definition) is 2.